The summed E-state index contributed by atoms with van der Waals surface area (Å²) < 4.78 is 2.04. The highest BCUT2D eigenvalue weighted by molar-refractivity contribution is 7.98. The number of hydrogen-bond donors (Lipinski definition) is 1. The van der Waals surface area contributed by atoms with Crippen LogP contribution in [-0.4, -0.2) is 45.9 Å². The van der Waals surface area contributed by atoms with E-state index in [2.05, 4.69) is 21.4 Å². The number of thioether (sulfide) groups is 1. The molecule has 0 bridgehead atoms. The fourth-order valence-electron chi connectivity index (χ4n) is 5.25. The Morgan fingerprint density at radius 3 is 2.61 bits per heavy atom. The molecule has 1 N–H and O–H groups in total. The van der Waals surface area contributed by atoms with Gasteiger partial charge >= 0.3 is 0 Å². The number of benzene rings is 1. The van der Waals surface area contributed by atoms with E-state index in [4.69, 9.17) is 0 Å². The molecule has 2 aliphatic rings. The third kappa shape index (κ3) is 5.79. The van der Waals surface area contributed by atoms with Crippen molar-refractivity contribution in [2.75, 3.05) is 19.6 Å². The van der Waals surface area contributed by atoms with Gasteiger partial charge in [0, 0.05) is 48.7 Å². The lowest BCUT2D eigenvalue weighted by Crippen LogP contribution is -2.46. The summed E-state index contributed by atoms with van der Waals surface area (Å²) in [6, 6.07) is 14.2. The predicted molar refractivity (Wildman–Crippen MR) is 135 cm³/mol. The van der Waals surface area contributed by atoms with Crippen LogP contribution in [0.5, 0.6) is 0 Å². The van der Waals surface area contributed by atoms with Crippen LogP contribution in [0.1, 0.15) is 61.0 Å². The number of rotatable bonds is 7. The zero-order valence-electron chi connectivity index (χ0n) is 19.3. The maximum atomic E-state index is 13.1. The second-order valence-corrected chi connectivity index (χ2v) is 10.6. The summed E-state index contributed by atoms with van der Waals surface area (Å²) in [5, 5.41) is 3.32. The van der Waals surface area contributed by atoms with Crippen LogP contribution < -0.4 is 5.32 Å². The summed E-state index contributed by atoms with van der Waals surface area (Å²) in [5.74, 6) is 1.69. The molecule has 5 rings (SSSR count). The maximum absolute atomic E-state index is 13.1. The van der Waals surface area contributed by atoms with Gasteiger partial charge in [-0.2, -0.15) is 0 Å². The Morgan fingerprint density at radius 2 is 1.79 bits per heavy atom. The van der Waals surface area contributed by atoms with Crippen molar-refractivity contribution in [1.82, 2.24) is 19.6 Å². The molecular formula is C27H34N4OS. The topological polar surface area (TPSA) is 49.6 Å². The molecule has 33 heavy (non-hydrogen) atoms. The first-order valence-electron chi connectivity index (χ1n) is 12.4. The van der Waals surface area contributed by atoms with Gasteiger partial charge in [0.25, 0.3) is 5.91 Å². The van der Waals surface area contributed by atoms with Crippen LogP contribution in [0.25, 0.3) is 5.65 Å². The van der Waals surface area contributed by atoms with Gasteiger partial charge in [0.15, 0.2) is 0 Å². The summed E-state index contributed by atoms with van der Waals surface area (Å²) >= 11 is 1.68. The fraction of sp³-hybridized carbons (Fsp3) is 0.481. The largest absolute Gasteiger partial charge is 0.349 e. The van der Waals surface area contributed by atoms with Gasteiger partial charge in [-0.05, 0) is 55.9 Å². The Hall–Kier alpha value is -2.31. The van der Waals surface area contributed by atoms with E-state index in [1.807, 2.05) is 53.1 Å². The van der Waals surface area contributed by atoms with Gasteiger partial charge in [-0.1, -0.05) is 37.5 Å². The van der Waals surface area contributed by atoms with Gasteiger partial charge in [-0.3, -0.25) is 4.79 Å². The molecule has 0 unspecified atom stereocenters. The minimum absolute atomic E-state index is 0.0545. The molecule has 1 amide bonds. The number of carbonyl (C=O) groups excluding carboxylic acids is 1. The lowest BCUT2D eigenvalue weighted by atomic mass is 9.88. The van der Waals surface area contributed by atoms with Gasteiger partial charge in [0.2, 0.25) is 0 Å². The van der Waals surface area contributed by atoms with Crippen molar-refractivity contribution in [3.63, 3.8) is 0 Å². The highest BCUT2D eigenvalue weighted by Crippen LogP contribution is 2.28. The molecule has 2 fully saturated rings. The van der Waals surface area contributed by atoms with Crippen molar-refractivity contribution in [2.24, 2.45) is 5.92 Å². The smallest absolute Gasteiger partial charge is 0.252 e. The number of piperidine rings is 1. The van der Waals surface area contributed by atoms with Gasteiger partial charge in [-0.15, -0.1) is 11.8 Å². The Kier molecular flexibility index (Phi) is 7.32. The lowest BCUT2D eigenvalue weighted by Gasteiger charge is -2.35. The van der Waals surface area contributed by atoms with Crippen molar-refractivity contribution in [3.05, 3.63) is 66.1 Å². The molecule has 0 radical (unpaired) electrons. The van der Waals surface area contributed by atoms with Crippen molar-refractivity contribution >= 4 is 23.3 Å². The molecule has 3 heterocycles. The van der Waals surface area contributed by atoms with E-state index >= 15 is 0 Å². The first-order valence-corrected chi connectivity index (χ1v) is 13.4. The van der Waals surface area contributed by atoms with E-state index < -0.39 is 0 Å². The number of imidazole rings is 1. The van der Waals surface area contributed by atoms with E-state index in [1.54, 1.807) is 11.8 Å². The Labute approximate surface area is 201 Å². The van der Waals surface area contributed by atoms with Gasteiger partial charge in [0.05, 0.1) is 11.3 Å². The SMILES string of the molecule is O=C(NC1CCN(CC2CCCCC2)CC1)c1ccccc1SCc1cn2ccccc2n1. The van der Waals surface area contributed by atoms with E-state index in [-0.39, 0.29) is 11.9 Å². The van der Waals surface area contributed by atoms with Crippen LogP contribution >= 0.6 is 11.8 Å². The molecule has 1 saturated carbocycles. The van der Waals surface area contributed by atoms with E-state index in [0.29, 0.717) is 0 Å². The van der Waals surface area contributed by atoms with Crippen molar-refractivity contribution in [1.29, 1.82) is 0 Å². The van der Waals surface area contributed by atoms with Crippen LogP contribution in [0.4, 0.5) is 0 Å². The second-order valence-electron chi connectivity index (χ2n) is 9.54. The lowest BCUT2D eigenvalue weighted by molar-refractivity contribution is 0.0898. The first-order chi connectivity index (χ1) is 16.2. The summed E-state index contributed by atoms with van der Waals surface area (Å²) in [6.07, 6.45) is 13.2. The fourth-order valence-corrected chi connectivity index (χ4v) is 6.18. The highest BCUT2D eigenvalue weighted by Gasteiger charge is 2.24. The average molecular weight is 463 g/mol. The van der Waals surface area contributed by atoms with Crippen molar-refractivity contribution in [3.8, 4) is 0 Å². The molecule has 0 spiro atoms. The van der Waals surface area contributed by atoms with Gasteiger partial charge < -0.3 is 14.6 Å². The average Bonchev–Trinajstić information content (AvgIpc) is 3.28. The number of nitrogens with zero attached hydrogens (tertiary/aromatic N) is 3. The van der Waals surface area contributed by atoms with Crippen molar-refractivity contribution in [2.45, 2.75) is 61.6 Å². The van der Waals surface area contributed by atoms with Crippen LogP contribution in [0.3, 0.4) is 0 Å². The molecule has 1 aliphatic heterocycles. The zero-order chi connectivity index (χ0) is 22.5. The number of amides is 1. The Morgan fingerprint density at radius 1 is 1.00 bits per heavy atom. The molecule has 0 atom stereocenters. The highest BCUT2D eigenvalue weighted by atomic mass is 32.2. The predicted octanol–water partition coefficient (Wildman–Crippen LogP) is 5.40. The molecule has 5 nitrogen and oxygen atoms in total. The number of aromatic nitrogens is 2. The number of carbonyl (C=O) groups is 1. The van der Waals surface area contributed by atoms with Crippen molar-refractivity contribution < 1.29 is 4.79 Å². The molecule has 6 heteroatoms. The Bertz CT molecular complexity index is 1030. The second kappa shape index (κ2) is 10.7. The van der Waals surface area contributed by atoms with Crippen LogP contribution in [0.2, 0.25) is 0 Å². The van der Waals surface area contributed by atoms with E-state index in [1.165, 1.54) is 38.6 Å². The van der Waals surface area contributed by atoms with Gasteiger partial charge in [-0.25, -0.2) is 4.98 Å². The first kappa shape index (κ1) is 22.5. The normalized spacial score (nSPS) is 18.5. The standard InChI is InChI=1S/C27H34N4OS/c32-27(29-22-13-16-30(17-14-22)18-21-8-2-1-3-9-21)24-10-4-5-11-25(24)33-20-23-19-31-15-7-6-12-26(31)28-23/h4-7,10-12,15,19,21-22H,1-3,8-9,13-14,16-18,20H2,(H,29,32). The summed E-state index contributed by atoms with van der Waals surface area (Å²) in [6.45, 7) is 3.46. The molecule has 1 aliphatic carbocycles. The minimum atomic E-state index is 0.0545. The third-order valence-corrected chi connectivity index (χ3v) is 8.19. The zero-order valence-corrected chi connectivity index (χ0v) is 20.1. The molecule has 1 saturated heterocycles. The minimum Gasteiger partial charge on any atom is -0.349 e. The van der Waals surface area contributed by atoms with Crippen LogP contribution in [0.15, 0.2) is 59.8 Å². The number of likely N-dealkylation sites (tertiary alicyclic amines) is 1. The summed E-state index contributed by atoms with van der Waals surface area (Å²) in [7, 11) is 0. The van der Waals surface area contributed by atoms with Crippen LogP contribution in [0, 0.1) is 5.92 Å². The summed E-state index contributed by atoms with van der Waals surface area (Å²) in [4.78, 5) is 21.4. The Balaban J connectivity index is 1.14. The molecule has 2 aromatic heterocycles. The molecule has 174 valence electrons. The van der Waals surface area contributed by atoms with Crippen LogP contribution in [-0.2, 0) is 5.75 Å². The molecule has 3 aromatic rings. The van der Waals surface area contributed by atoms with Gasteiger partial charge in [0.1, 0.15) is 5.65 Å². The quantitative estimate of drug-likeness (QED) is 0.478. The number of nitrogens with one attached hydrogen (secondary N) is 1. The number of hydrogen-bond acceptors (Lipinski definition) is 4. The monoisotopic (exact) mass is 462 g/mol. The molecular weight excluding hydrogens is 428 g/mol. The maximum Gasteiger partial charge on any atom is 0.252 e. The van der Waals surface area contributed by atoms with E-state index in [9.17, 15) is 4.79 Å². The number of fused-ring (bicyclic) bond motifs is 1. The summed E-state index contributed by atoms with van der Waals surface area (Å²) in [5.41, 5.74) is 2.75. The molecule has 1 aromatic carbocycles. The third-order valence-electron chi connectivity index (χ3n) is 7.09. The van der Waals surface area contributed by atoms with E-state index in [0.717, 1.165) is 59.4 Å². The number of pyridine rings is 1.